The van der Waals surface area contributed by atoms with Gasteiger partial charge in [0.15, 0.2) is 0 Å². The van der Waals surface area contributed by atoms with E-state index in [0.717, 1.165) is 22.9 Å². The molecule has 2 atom stereocenters. The first-order chi connectivity index (χ1) is 7.66. The Morgan fingerprint density at radius 2 is 2.12 bits per heavy atom. The number of benzene rings is 1. The molecule has 0 radical (unpaired) electrons. The Labute approximate surface area is 107 Å². The van der Waals surface area contributed by atoms with Crippen LogP contribution in [0.4, 0.5) is 0 Å². The van der Waals surface area contributed by atoms with Gasteiger partial charge in [0.25, 0.3) is 0 Å². The Kier molecular flexibility index (Phi) is 4.04. The van der Waals surface area contributed by atoms with Crippen molar-refractivity contribution < 1.29 is 0 Å². The van der Waals surface area contributed by atoms with E-state index >= 15 is 0 Å². The molecule has 1 N–H and O–H groups in total. The molecule has 2 rings (SSSR count). The van der Waals surface area contributed by atoms with Crippen molar-refractivity contribution in [3.63, 3.8) is 0 Å². The molecule has 0 bridgehead atoms. The number of nitrogens with one attached hydrogen (secondary N) is 1. The first-order valence-electron chi connectivity index (χ1n) is 6.15. The SMILES string of the molecule is CC(NCC(C)C1CC1)c1cccc(Br)c1. The van der Waals surface area contributed by atoms with Crippen molar-refractivity contribution in [2.24, 2.45) is 11.8 Å². The maximum atomic E-state index is 3.63. The summed E-state index contributed by atoms with van der Waals surface area (Å²) in [4.78, 5) is 0. The van der Waals surface area contributed by atoms with Crippen molar-refractivity contribution in [2.75, 3.05) is 6.54 Å². The zero-order valence-electron chi connectivity index (χ0n) is 10.0. The molecule has 0 heterocycles. The summed E-state index contributed by atoms with van der Waals surface area (Å²) in [5.74, 6) is 1.82. The van der Waals surface area contributed by atoms with E-state index < -0.39 is 0 Å². The lowest BCUT2D eigenvalue weighted by atomic mass is 10.0. The monoisotopic (exact) mass is 281 g/mol. The number of hydrogen-bond acceptors (Lipinski definition) is 1. The van der Waals surface area contributed by atoms with Crippen LogP contribution in [0.1, 0.15) is 38.3 Å². The molecule has 1 aromatic carbocycles. The minimum atomic E-state index is 0.443. The highest BCUT2D eigenvalue weighted by Crippen LogP contribution is 2.36. The van der Waals surface area contributed by atoms with Gasteiger partial charge < -0.3 is 5.32 Å². The predicted octanol–water partition coefficient (Wildman–Crippen LogP) is 4.15. The highest BCUT2D eigenvalue weighted by molar-refractivity contribution is 9.10. The maximum Gasteiger partial charge on any atom is 0.0292 e. The van der Waals surface area contributed by atoms with Crippen LogP contribution in [0.5, 0.6) is 0 Å². The molecule has 0 aliphatic heterocycles. The predicted molar refractivity (Wildman–Crippen MR) is 72.4 cm³/mol. The highest BCUT2D eigenvalue weighted by atomic mass is 79.9. The maximum absolute atomic E-state index is 3.63. The van der Waals surface area contributed by atoms with Crippen molar-refractivity contribution in [3.05, 3.63) is 34.3 Å². The van der Waals surface area contributed by atoms with E-state index in [1.165, 1.54) is 18.4 Å². The Morgan fingerprint density at radius 1 is 1.38 bits per heavy atom. The summed E-state index contributed by atoms with van der Waals surface area (Å²) < 4.78 is 1.16. The van der Waals surface area contributed by atoms with Crippen LogP contribution in [0.25, 0.3) is 0 Å². The standard InChI is InChI=1S/C14H20BrN/c1-10(12-6-7-12)9-16-11(2)13-4-3-5-14(15)8-13/h3-5,8,10-12,16H,6-7,9H2,1-2H3. The van der Waals surface area contributed by atoms with E-state index in [1.807, 2.05) is 0 Å². The van der Waals surface area contributed by atoms with Crippen molar-refractivity contribution in [1.29, 1.82) is 0 Å². The van der Waals surface area contributed by atoms with Crippen molar-refractivity contribution in [1.82, 2.24) is 5.32 Å². The van der Waals surface area contributed by atoms with Crippen molar-refractivity contribution in [2.45, 2.75) is 32.7 Å². The summed E-state index contributed by atoms with van der Waals surface area (Å²) in [7, 11) is 0. The smallest absolute Gasteiger partial charge is 0.0292 e. The summed E-state index contributed by atoms with van der Waals surface area (Å²) in [6.07, 6.45) is 2.88. The minimum absolute atomic E-state index is 0.443. The fourth-order valence-corrected chi connectivity index (χ4v) is 2.51. The second-order valence-corrected chi connectivity index (χ2v) is 5.92. The zero-order chi connectivity index (χ0) is 11.5. The second kappa shape index (κ2) is 5.33. The van der Waals surface area contributed by atoms with Gasteiger partial charge in [-0.15, -0.1) is 0 Å². The van der Waals surface area contributed by atoms with Crippen LogP contribution in [0.3, 0.4) is 0 Å². The Bertz CT molecular complexity index is 346. The molecular weight excluding hydrogens is 262 g/mol. The van der Waals surface area contributed by atoms with Crippen LogP contribution in [0, 0.1) is 11.8 Å². The Balaban J connectivity index is 1.84. The van der Waals surface area contributed by atoms with Gasteiger partial charge in [-0.3, -0.25) is 0 Å². The zero-order valence-corrected chi connectivity index (χ0v) is 11.6. The summed E-state index contributed by atoms with van der Waals surface area (Å²) in [6, 6.07) is 8.99. The summed E-state index contributed by atoms with van der Waals surface area (Å²) in [6.45, 7) is 5.73. The third-order valence-electron chi connectivity index (χ3n) is 3.52. The fraction of sp³-hybridized carbons (Fsp3) is 0.571. The van der Waals surface area contributed by atoms with Crippen molar-refractivity contribution >= 4 is 15.9 Å². The van der Waals surface area contributed by atoms with Gasteiger partial charge in [0, 0.05) is 10.5 Å². The molecule has 1 aliphatic rings. The number of hydrogen-bond donors (Lipinski definition) is 1. The van der Waals surface area contributed by atoms with Gasteiger partial charge in [-0.1, -0.05) is 35.0 Å². The molecule has 1 aliphatic carbocycles. The number of rotatable bonds is 5. The molecule has 1 fully saturated rings. The molecule has 0 aromatic heterocycles. The lowest BCUT2D eigenvalue weighted by molar-refractivity contribution is 0.432. The van der Waals surface area contributed by atoms with E-state index in [1.54, 1.807) is 0 Å². The third-order valence-corrected chi connectivity index (χ3v) is 4.01. The quantitative estimate of drug-likeness (QED) is 0.855. The molecule has 0 amide bonds. The molecule has 2 heteroatoms. The van der Waals surface area contributed by atoms with E-state index in [2.05, 4.69) is 59.4 Å². The van der Waals surface area contributed by atoms with Crippen LogP contribution in [-0.2, 0) is 0 Å². The fourth-order valence-electron chi connectivity index (χ4n) is 2.09. The summed E-state index contributed by atoms with van der Waals surface area (Å²) in [5.41, 5.74) is 1.36. The highest BCUT2D eigenvalue weighted by Gasteiger charge is 2.27. The Morgan fingerprint density at radius 3 is 2.75 bits per heavy atom. The van der Waals surface area contributed by atoms with Gasteiger partial charge in [-0.05, 0) is 55.8 Å². The van der Waals surface area contributed by atoms with Crippen LogP contribution < -0.4 is 5.32 Å². The molecule has 1 nitrogen and oxygen atoms in total. The molecule has 2 unspecified atom stereocenters. The van der Waals surface area contributed by atoms with Gasteiger partial charge in [0.05, 0.1) is 0 Å². The van der Waals surface area contributed by atoms with E-state index in [4.69, 9.17) is 0 Å². The van der Waals surface area contributed by atoms with Gasteiger partial charge in [-0.2, -0.15) is 0 Å². The molecule has 1 saturated carbocycles. The summed E-state index contributed by atoms with van der Waals surface area (Å²) >= 11 is 3.52. The van der Waals surface area contributed by atoms with E-state index in [0.29, 0.717) is 6.04 Å². The molecule has 88 valence electrons. The molecule has 0 spiro atoms. The average molecular weight is 282 g/mol. The first-order valence-corrected chi connectivity index (χ1v) is 6.95. The van der Waals surface area contributed by atoms with Gasteiger partial charge in [0.2, 0.25) is 0 Å². The van der Waals surface area contributed by atoms with E-state index in [-0.39, 0.29) is 0 Å². The topological polar surface area (TPSA) is 12.0 Å². The molecule has 0 saturated heterocycles. The number of halogens is 1. The normalized spacial score (nSPS) is 19.4. The lowest BCUT2D eigenvalue weighted by Gasteiger charge is -2.18. The molecular formula is C14H20BrN. The molecule has 16 heavy (non-hydrogen) atoms. The summed E-state index contributed by atoms with van der Waals surface area (Å²) in [5, 5.41) is 3.63. The average Bonchev–Trinajstić information content (AvgIpc) is 3.09. The van der Waals surface area contributed by atoms with Crippen LogP contribution in [0.2, 0.25) is 0 Å². The third kappa shape index (κ3) is 3.33. The molecule has 1 aromatic rings. The van der Waals surface area contributed by atoms with Gasteiger partial charge in [0.1, 0.15) is 0 Å². The van der Waals surface area contributed by atoms with Crippen LogP contribution in [0.15, 0.2) is 28.7 Å². The largest absolute Gasteiger partial charge is 0.310 e. The Hall–Kier alpha value is -0.340. The minimum Gasteiger partial charge on any atom is -0.310 e. The van der Waals surface area contributed by atoms with Crippen LogP contribution >= 0.6 is 15.9 Å². The second-order valence-electron chi connectivity index (χ2n) is 5.00. The van der Waals surface area contributed by atoms with Crippen molar-refractivity contribution in [3.8, 4) is 0 Å². The van der Waals surface area contributed by atoms with E-state index in [9.17, 15) is 0 Å². The lowest BCUT2D eigenvalue weighted by Crippen LogP contribution is -2.25. The van der Waals surface area contributed by atoms with Gasteiger partial charge >= 0.3 is 0 Å². The van der Waals surface area contributed by atoms with Gasteiger partial charge in [-0.25, -0.2) is 0 Å². The first kappa shape index (κ1) is 12.1. The van der Waals surface area contributed by atoms with Crippen LogP contribution in [-0.4, -0.2) is 6.54 Å².